The lowest BCUT2D eigenvalue weighted by molar-refractivity contribution is 0.263. The van der Waals surface area contributed by atoms with Gasteiger partial charge < -0.3 is 4.90 Å². The third kappa shape index (κ3) is 8.41. The number of halogens is 2. The Morgan fingerprint density at radius 3 is 2.00 bits per heavy atom. The molecule has 1 rings (SSSR count). The second-order valence-electron chi connectivity index (χ2n) is 6.25. The molecule has 0 fully saturated rings. The molecule has 0 saturated heterocycles. The average molecular weight is 346 g/mol. The zero-order valence-corrected chi connectivity index (χ0v) is 16.0. The maximum absolute atomic E-state index is 6.71. The molecule has 0 aliphatic carbocycles. The number of hydrogen-bond donors (Lipinski definition) is 0. The van der Waals surface area contributed by atoms with E-state index in [0.717, 1.165) is 0 Å². The predicted octanol–water partition coefficient (Wildman–Crippen LogP) is 6.46. The van der Waals surface area contributed by atoms with Crippen molar-refractivity contribution < 1.29 is 0 Å². The van der Waals surface area contributed by atoms with Crippen LogP contribution in [0, 0.1) is 0 Å². The highest BCUT2D eigenvalue weighted by Gasteiger charge is 2.22. The molecule has 0 bridgehead atoms. The van der Waals surface area contributed by atoms with E-state index in [-0.39, 0.29) is 17.8 Å². The van der Waals surface area contributed by atoms with Gasteiger partial charge in [-0.25, -0.2) is 0 Å². The Morgan fingerprint density at radius 1 is 0.909 bits per heavy atom. The van der Waals surface area contributed by atoms with Crippen molar-refractivity contribution in [2.75, 3.05) is 14.1 Å². The topological polar surface area (TPSA) is 3.24 Å². The summed E-state index contributed by atoms with van der Waals surface area (Å²) < 4.78 is 0. The largest absolute Gasteiger partial charge is 0.305 e. The summed E-state index contributed by atoms with van der Waals surface area (Å²) >= 11 is 6.71. The van der Waals surface area contributed by atoms with E-state index in [1.165, 1.54) is 56.9 Å². The van der Waals surface area contributed by atoms with Crippen LogP contribution < -0.4 is 0 Å². The SMILES string of the molecule is CCCCCCCCCC(C(Cl)c1ccccc1)N(C)C.Cl. The Labute approximate surface area is 148 Å². The number of benzene rings is 1. The molecule has 0 aliphatic heterocycles. The van der Waals surface area contributed by atoms with E-state index >= 15 is 0 Å². The lowest BCUT2D eigenvalue weighted by Crippen LogP contribution is -2.31. The van der Waals surface area contributed by atoms with Gasteiger partial charge in [0.05, 0.1) is 5.38 Å². The minimum Gasteiger partial charge on any atom is -0.305 e. The second kappa shape index (κ2) is 13.2. The Kier molecular flexibility index (Phi) is 13.1. The molecule has 22 heavy (non-hydrogen) atoms. The highest BCUT2D eigenvalue weighted by molar-refractivity contribution is 6.21. The molecule has 0 heterocycles. The molecule has 128 valence electrons. The monoisotopic (exact) mass is 345 g/mol. The first-order valence-corrected chi connectivity index (χ1v) is 8.96. The average Bonchev–Trinajstić information content (AvgIpc) is 2.50. The molecule has 1 nitrogen and oxygen atoms in total. The van der Waals surface area contributed by atoms with E-state index in [9.17, 15) is 0 Å². The van der Waals surface area contributed by atoms with Gasteiger partial charge in [0, 0.05) is 6.04 Å². The normalized spacial score (nSPS) is 13.7. The summed E-state index contributed by atoms with van der Waals surface area (Å²) in [6.45, 7) is 2.27. The van der Waals surface area contributed by atoms with Crippen LogP contribution in [0.15, 0.2) is 30.3 Å². The van der Waals surface area contributed by atoms with Crippen LogP contribution in [0.5, 0.6) is 0 Å². The lowest BCUT2D eigenvalue weighted by atomic mass is 9.98. The van der Waals surface area contributed by atoms with Crippen LogP contribution in [-0.4, -0.2) is 25.0 Å². The number of alkyl halides is 1. The molecule has 0 aliphatic rings. The van der Waals surface area contributed by atoms with Gasteiger partial charge in [0.2, 0.25) is 0 Å². The van der Waals surface area contributed by atoms with E-state index in [4.69, 9.17) is 11.6 Å². The summed E-state index contributed by atoms with van der Waals surface area (Å²) in [6.07, 6.45) is 10.7. The van der Waals surface area contributed by atoms with Gasteiger partial charge in [0.15, 0.2) is 0 Å². The fraction of sp³-hybridized carbons (Fsp3) is 0.684. The summed E-state index contributed by atoms with van der Waals surface area (Å²) in [5.74, 6) is 0. The Bertz CT molecular complexity index is 354. The lowest BCUT2D eigenvalue weighted by Gasteiger charge is -2.29. The van der Waals surface area contributed by atoms with E-state index in [1.807, 2.05) is 6.07 Å². The van der Waals surface area contributed by atoms with Gasteiger partial charge in [0.1, 0.15) is 0 Å². The first-order valence-electron chi connectivity index (χ1n) is 8.52. The van der Waals surface area contributed by atoms with Crippen LogP contribution in [0.2, 0.25) is 0 Å². The van der Waals surface area contributed by atoms with Crippen LogP contribution >= 0.6 is 24.0 Å². The summed E-state index contributed by atoms with van der Waals surface area (Å²) in [5.41, 5.74) is 1.24. The zero-order valence-electron chi connectivity index (χ0n) is 14.4. The van der Waals surface area contributed by atoms with Crippen molar-refractivity contribution in [3.63, 3.8) is 0 Å². The maximum atomic E-state index is 6.71. The molecule has 0 saturated carbocycles. The van der Waals surface area contributed by atoms with Crippen LogP contribution in [-0.2, 0) is 0 Å². The van der Waals surface area contributed by atoms with Crippen molar-refractivity contribution >= 4 is 24.0 Å². The van der Waals surface area contributed by atoms with Gasteiger partial charge in [-0.05, 0) is 26.1 Å². The van der Waals surface area contributed by atoms with Crippen molar-refractivity contribution in [3.8, 4) is 0 Å². The van der Waals surface area contributed by atoms with Crippen molar-refractivity contribution in [2.45, 2.75) is 69.7 Å². The molecule has 0 radical (unpaired) electrons. The molecular weight excluding hydrogens is 313 g/mol. The van der Waals surface area contributed by atoms with Gasteiger partial charge in [-0.2, -0.15) is 0 Å². The smallest absolute Gasteiger partial charge is 0.0740 e. The van der Waals surface area contributed by atoms with Gasteiger partial charge in [-0.15, -0.1) is 24.0 Å². The quantitative estimate of drug-likeness (QED) is 0.328. The van der Waals surface area contributed by atoms with E-state index in [0.29, 0.717) is 6.04 Å². The van der Waals surface area contributed by atoms with Gasteiger partial charge in [-0.3, -0.25) is 0 Å². The molecule has 3 heteroatoms. The molecule has 1 aromatic rings. The van der Waals surface area contributed by atoms with Crippen LogP contribution in [0.3, 0.4) is 0 Å². The summed E-state index contributed by atoms with van der Waals surface area (Å²) in [7, 11) is 4.29. The van der Waals surface area contributed by atoms with Crippen molar-refractivity contribution in [2.24, 2.45) is 0 Å². The van der Waals surface area contributed by atoms with Gasteiger partial charge >= 0.3 is 0 Å². The third-order valence-corrected chi connectivity index (χ3v) is 4.77. The zero-order chi connectivity index (χ0) is 15.5. The summed E-state index contributed by atoms with van der Waals surface area (Å²) in [5, 5.41) is 0.0845. The van der Waals surface area contributed by atoms with Crippen LogP contribution in [0.1, 0.15) is 69.2 Å². The summed E-state index contributed by atoms with van der Waals surface area (Å²) in [4.78, 5) is 2.28. The van der Waals surface area contributed by atoms with Crippen molar-refractivity contribution in [3.05, 3.63) is 35.9 Å². The highest BCUT2D eigenvalue weighted by atomic mass is 35.5. The fourth-order valence-corrected chi connectivity index (χ4v) is 3.33. The molecular formula is C19H33Cl2N. The summed E-state index contributed by atoms with van der Waals surface area (Å²) in [6, 6.07) is 10.9. The number of nitrogens with zero attached hydrogens (tertiary/aromatic N) is 1. The molecule has 2 atom stereocenters. The Morgan fingerprint density at radius 2 is 1.45 bits per heavy atom. The van der Waals surface area contributed by atoms with E-state index < -0.39 is 0 Å². The number of likely N-dealkylation sites (N-methyl/N-ethyl adjacent to an activating group) is 1. The number of hydrogen-bond acceptors (Lipinski definition) is 1. The van der Waals surface area contributed by atoms with E-state index in [2.05, 4.69) is 50.2 Å². The fourth-order valence-electron chi connectivity index (χ4n) is 2.84. The van der Waals surface area contributed by atoms with Crippen LogP contribution in [0.25, 0.3) is 0 Å². The molecule has 1 aromatic carbocycles. The first-order chi connectivity index (χ1) is 10.2. The molecule has 0 spiro atoms. The Balaban J connectivity index is 0.00000441. The van der Waals surface area contributed by atoms with Crippen molar-refractivity contribution in [1.29, 1.82) is 0 Å². The second-order valence-corrected chi connectivity index (χ2v) is 6.72. The van der Waals surface area contributed by atoms with Crippen molar-refractivity contribution in [1.82, 2.24) is 4.90 Å². The van der Waals surface area contributed by atoms with Crippen LogP contribution in [0.4, 0.5) is 0 Å². The molecule has 0 aromatic heterocycles. The maximum Gasteiger partial charge on any atom is 0.0740 e. The minimum absolute atomic E-state index is 0. The standard InChI is InChI=1S/C19H32ClN.ClH/c1-4-5-6-7-8-9-13-16-18(21(2)3)19(20)17-14-11-10-12-15-17;/h10-12,14-15,18-19H,4-9,13,16H2,1-3H3;1H. The first kappa shape index (κ1) is 21.8. The van der Waals surface area contributed by atoms with Gasteiger partial charge in [0.25, 0.3) is 0 Å². The van der Waals surface area contributed by atoms with E-state index in [1.54, 1.807) is 0 Å². The molecule has 0 amide bonds. The number of rotatable bonds is 11. The predicted molar refractivity (Wildman–Crippen MR) is 102 cm³/mol. The highest BCUT2D eigenvalue weighted by Crippen LogP contribution is 2.29. The van der Waals surface area contributed by atoms with Gasteiger partial charge in [-0.1, -0.05) is 82.2 Å². The molecule has 2 unspecified atom stereocenters. The third-order valence-electron chi connectivity index (χ3n) is 4.22. The minimum atomic E-state index is 0. The Hall–Kier alpha value is -0.240. The number of unbranched alkanes of at least 4 members (excludes halogenated alkanes) is 6. The molecule has 0 N–H and O–H groups in total.